The molecule has 0 aromatic carbocycles. The van der Waals surface area contributed by atoms with Crippen molar-refractivity contribution in [2.45, 2.75) is 155 Å². The molecular formula is C37H68. The summed E-state index contributed by atoms with van der Waals surface area (Å²) in [6.07, 6.45) is 11.5. The summed E-state index contributed by atoms with van der Waals surface area (Å²) in [5.41, 5.74) is 3.01. The van der Waals surface area contributed by atoms with Gasteiger partial charge in [0.1, 0.15) is 0 Å². The highest BCUT2D eigenvalue weighted by Gasteiger charge is 2.78. The van der Waals surface area contributed by atoms with Gasteiger partial charge < -0.3 is 0 Å². The second kappa shape index (κ2) is 8.75. The molecule has 4 rings (SSSR count). The minimum atomic E-state index is 0.390. The molecule has 4 saturated carbocycles. The Labute approximate surface area is 234 Å². The third-order valence-electron chi connectivity index (χ3n) is 17.1. The lowest BCUT2D eigenvalue weighted by Crippen LogP contribution is -2.73. The Hall–Kier alpha value is 0. The molecule has 37 heavy (non-hydrogen) atoms. The van der Waals surface area contributed by atoms with E-state index in [2.05, 4.69) is 104 Å². The Bertz CT molecular complexity index is 860. The lowest BCUT2D eigenvalue weighted by Gasteiger charge is -2.79. The minimum Gasteiger partial charge on any atom is -0.0622 e. The first kappa shape index (κ1) is 30.0. The van der Waals surface area contributed by atoms with Crippen LogP contribution in [0.1, 0.15) is 155 Å². The van der Waals surface area contributed by atoms with Crippen molar-refractivity contribution in [2.75, 3.05) is 0 Å². The Morgan fingerprint density at radius 1 is 0.676 bits per heavy atom. The summed E-state index contributed by atoms with van der Waals surface area (Å²) in [6, 6.07) is 0. The molecule has 9 unspecified atom stereocenters. The standard InChI is InChI=1S/C37H68/c1-24(16-17-25(2)31(6,7)8)29-22-27(4)36(14)33(29,11)20-21-35(13)34(12)19-18-26(3)32(9,10)30(34)23-28(5)37(35,36)15/h24-30H,16-23H2,1-15H3/t24-,25?,26?,27?,28?,29?,30?,33-,34+,35?,36?,37?/m1/s1. The van der Waals surface area contributed by atoms with Gasteiger partial charge in [-0.15, -0.1) is 0 Å². The van der Waals surface area contributed by atoms with Crippen molar-refractivity contribution in [3.63, 3.8) is 0 Å². The maximum atomic E-state index is 2.84. The number of hydrogen-bond acceptors (Lipinski definition) is 0. The highest BCUT2D eigenvalue weighted by atomic mass is 14.8. The zero-order valence-electron chi connectivity index (χ0n) is 28.2. The van der Waals surface area contributed by atoms with Gasteiger partial charge in [-0.05, 0) is 124 Å². The molecule has 216 valence electrons. The molecular weight excluding hydrogens is 444 g/mol. The largest absolute Gasteiger partial charge is 0.0622 e. The van der Waals surface area contributed by atoms with Crippen LogP contribution in [-0.4, -0.2) is 0 Å². The maximum absolute atomic E-state index is 2.84. The Kier molecular flexibility index (Phi) is 7.09. The van der Waals surface area contributed by atoms with Crippen molar-refractivity contribution in [2.24, 2.45) is 79.3 Å². The second-order valence-electron chi connectivity index (χ2n) is 18.6. The zero-order chi connectivity index (χ0) is 28.2. The van der Waals surface area contributed by atoms with Crippen LogP contribution in [0.15, 0.2) is 0 Å². The van der Waals surface area contributed by atoms with Crippen LogP contribution in [-0.2, 0) is 0 Å². The molecule has 0 bridgehead atoms. The fourth-order valence-corrected chi connectivity index (χ4v) is 12.7. The molecule has 0 N–H and O–H groups in total. The summed E-state index contributed by atoms with van der Waals surface area (Å²) in [7, 11) is 0. The smallest absolute Gasteiger partial charge is 0.0179 e. The summed E-state index contributed by atoms with van der Waals surface area (Å²) in [5, 5.41) is 0. The Balaban J connectivity index is 1.74. The molecule has 0 heteroatoms. The first-order valence-electron chi connectivity index (χ1n) is 16.7. The molecule has 0 aromatic rings. The lowest BCUT2D eigenvalue weighted by atomic mass is 9.25. The fourth-order valence-electron chi connectivity index (χ4n) is 12.7. The Morgan fingerprint density at radius 2 is 1.24 bits per heavy atom. The molecule has 0 saturated heterocycles. The SMILES string of the molecule is CC(CC[C@@H](C)C1CC(C)C2(C)C3(C)C(C)CC4C(C)(C)C(C)CC[C@]4(C)C3(C)CC[C@]12C)C(C)(C)C. The predicted octanol–water partition coefficient (Wildman–Crippen LogP) is 11.7. The number of fused-ring (bicyclic) bond motifs is 5. The molecule has 4 fully saturated rings. The zero-order valence-corrected chi connectivity index (χ0v) is 28.2. The molecule has 0 amide bonds. The van der Waals surface area contributed by atoms with Crippen molar-refractivity contribution in [3.05, 3.63) is 0 Å². The maximum Gasteiger partial charge on any atom is -0.0179 e. The molecule has 0 nitrogen and oxygen atoms in total. The van der Waals surface area contributed by atoms with E-state index in [1.807, 2.05) is 0 Å². The highest BCUT2D eigenvalue weighted by Crippen LogP contribution is 2.85. The first-order chi connectivity index (χ1) is 16.7. The van der Waals surface area contributed by atoms with E-state index < -0.39 is 0 Å². The van der Waals surface area contributed by atoms with Gasteiger partial charge in [0.05, 0.1) is 0 Å². The van der Waals surface area contributed by atoms with E-state index in [4.69, 9.17) is 0 Å². The number of hydrogen-bond donors (Lipinski definition) is 0. The molecule has 4 aliphatic carbocycles. The molecule has 0 spiro atoms. The van der Waals surface area contributed by atoms with E-state index in [0.29, 0.717) is 37.9 Å². The van der Waals surface area contributed by atoms with Gasteiger partial charge in [-0.25, -0.2) is 0 Å². The average molecular weight is 513 g/mol. The third-order valence-corrected chi connectivity index (χ3v) is 17.1. The average Bonchev–Trinajstić information content (AvgIpc) is 3.01. The number of rotatable bonds is 4. The summed E-state index contributed by atoms with van der Waals surface area (Å²) in [5.74, 6) is 5.82. The van der Waals surface area contributed by atoms with E-state index in [1.54, 1.807) is 0 Å². The van der Waals surface area contributed by atoms with Crippen LogP contribution in [0.3, 0.4) is 0 Å². The van der Waals surface area contributed by atoms with Gasteiger partial charge in [0, 0.05) is 0 Å². The molecule has 0 radical (unpaired) electrons. The normalized spacial score (nSPS) is 53.1. The molecule has 4 aliphatic rings. The van der Waals surface area contributed by atoms with Crippen LogP contribution in [0.4, 0.5) is 0 Å². The molecule has 0 aliphatic heterocycles. The van der Waals surface area contributed by atoms with Gasteiger partial charge in [-0.1, -0.05) is 110 Å². The lowest BCUT2D eigenvalue weighted by molar-refractivity contribution is -0.310. The van der Waals surface area contributed by atoms with E-state index in [-0.39, 0.29) is 0 Å². The monoisotopic (exact) mass is 513 g/mol. The van der Waals surface area contributed by atoms with E-state index in [1.165, 1.54) is 51.4 Å². The van der Waals surface area contributed by atoms with Crippen molar-refractivity contribution in [1.82, 2.24) is 0 Å². The van der Waals surface area contributed by atoms with Gasteiger partial charge >= 0.3 is 0 Å². The predicted molar refractivity (Wildman–Crippen MR) is 164 cm³/mol. The fraction of sp³-hybridized carbons (Fsp3) is 1.00. The highest BCUT2D eigenvalue weighted by molar-refractivity contribution is 5.26. The quantitative estimate of drug-likeness (QED) is 0.351. The van der Waals surface area contributed by atoms with Crippen molar-refractivity contribution >= 4 is 0 Å². The van der Waals surface area contributed by atoms with Gasteiger partial charge in [0.15, 0.2) is 0 Å². The van der Waals surface area contributed by atoms with Crippen LogP contribution in [0.5, 0.6) is 0 Å². The van der Waals surface area contributed by atoms with Crippen molar-refractivity contribution in [1.29, 1.82) is 0 Å². The summed E-state index contributed by atoms with van der Waals surface area (Å²) in [6.45, 7) is 39.8. The van der Waals surface area contributed by atoms with Crippen LogP contribution >= 0.6 is 0 Å². The van der Waals surface area contributed by atoms with E-state index >= 15 is 0 Å². The second-order valence-corrected chi connectivity index (χ2v) is 18.6. The summed E-state index contributed by atoms with van der Waals surface area (Å²) < 4.78 is 0. The Morgan fingerprint density at radius 3 is 1.81 bits per heavy atom. The van der Waals surface area contributed by atoms with Crippen LogP contribution < -0.4 is 0 Å². The van der Waals surface area contributed by atoms with Crippen LogP contribution in [0.25, 0.3) is 0 Å². The topological polar surface area (TPSA) is 0 Å². The van der Waals surface area contributed by atoms with Crippen LogP contribution in [0, 0.1) is 79.3 Å². The summed E-state index contributed by atoms with van der Waals surface area (Å²) >= 11 is 0. The van der Waals surface area contributed by atoms with E-state index in [9.17, 15) is 0 Å². The molecule has 0 aromatic heterocycles. The van der Waals surface area contributed by atoms with Crippen molar-refractivity contribution in [3.8, 4) is 0 Å². The molecule has 12 atom stereocenters. The van der Waals surface area contributed by atoms with Crippen LogP contribution in [0.2, 0.25) is 0 Å². The van der Waals surface area contributed by atoms with Gasteiger partial charge in [0.25, 0.3) is 0 Å². The summed E-state index contributed by atoms with van der Waals surface area (Å²) in [4.78, 5) is 0. The van der Waals surface area contributed by atoms with Gasteiger partial charge in [-0.3, -0.25) is 0 Å². The minimum absolute atomic E-state index is 0.390. The van der Waals surface area contributed by atoms with Gasteiger partial charge in [-0.2, -0.15) is 0 Å². The third kappa shape index (κ3) is 3.57. The molecule has 0 heterocycles. The van der Waals surface area contributed by atoms with Gasteiger partial charge in [0.2, 0.25) is 0 Å². The van der Waals surface area contributed by atoms with E-state index in [0.717, 1.165) is 41.4 Å². The first-order valence-corrected chi connectivity index (χ1v) is 16.7. The van der Waals surface area contributed by atoms with Crippen molar-refractivity contribution < 1.29 is 0 Å².